The van der Waals surface area contributed by atoms with E-state index < -0.39 is 0 Å². The van der Waals surface area contributed by atoms with Crippen LogP contribution in [0.3, 0.4) is 0 Å². The number of nitrogens with one attached hydrogen (secondary N) is 1. The molecule has 1 aromatic heterocycles. The molecule has 1 atom stereocenters. The maximum atomic E-state index is 5.65. The summed E-state index contributed by atoms with van der Waals surface area (Å²) in [5.74, 6) is 0.704. The van der Waals surface area contributed by atoms with E-state index in [2.05, 4.69) is 18.0 Å². The van der Waals surface area contributed by atoms with Gasteiger partial charge in [0.15, 0.2) is 0 Å². The molecule has 3 N–H and O–H groups in total. The van der Waals surface area contributed by atoms with Crippen molar-refractivity contribution >= 4 is 0 Å². The highest BCUT2D eigenvalue weighted by Gasteiger charge is 2.18. The zero-order chi connectivity index (χ0) is 8.55. The van der Waals surface area contributed by atoms with E-state index in [1.165, 1.54) is 29.8 Å². The van der Waals surface area contributed by atoms with Gasteiger partial charge in [-0.25, -0.2) is 0 Å². The Morgan fingerprint density at radius 3 is 3.25 bits per heavy atom. The van der Waals surface area contributed by atoms with E-state index in [0.717, 1.165) is 13.0 Å². The third kappa shape index (κ3) is 1.27. The lowest BCUT2D eigenvalue weighted by atomic mass is 9.88. The molecule has 0 aromatic carbocycles. The first-order valence-electron chi connectivity index (χ1n) is 4.67. The molecular weight excluding hydrogens is 148 g/mol. The van der Waals surface area contributed by atoms with Crippen LogP contribution in [0.5, 0.6) is 0 Å². The van der Waals surface area contributed by atoms with Crippen LogP contribution in [0.2, 0.25) is 0 Å². The lowest BCUT2D eigenvalue weighted by Crippen LogP contribution is -2.21. The lowest BCUT2D eigenvalue weighted by molar-refractivity contribution is 0.464. The van der Waals surface area contributed by atoms with Gasteiger partial charge in [-0.1, -0.05) is 0 Å². The molecule has 1 aromatic rings. The van der Waals surface area contributed by atoms with Crippen LogP contribution < -0.4 is 5.73 Å². The van der Waals surface area contributed by atoms with Gasteiger partial charge in [0.2, 0.25) is 0 Å². The highest BCUT2D eigenvalue weighted by Crippen LogP contribution is 2.24. The van der Waals surface area contributed by atoms with Gasteiger partial charge in [-0.2, -0.15) is 0 Å². The second-order valence-corrected chi connectivity index (χ2v) is 3.80. The minimum absolute atomic E-state index is 0.704. The first kappa shape index (κ1) is 7.87. The first-order chi connectivity index (χ1) is 5.79. The van der Waals surface area contributed by atoms with Crippen LogP contribution in [0.15, 0.2) is 6.07 Å². The van der Waals surface area contributed by atoms with E-state index in [4.69, 9.17) is 5.73 Å². The van der Waals surface area contributed by atoms with Crippen molar-refractivity contribution < 1.29 is 0 Å². The summed E-state index contributed by atoms with van der Waals surface area (Å²) in [6, 6.07) is 2.27. The molecule has 0 amide bonds. The van der Waals surface area contributed by atoms with Crippen molar-refractivity contribution in [1.29, 1.82) is 0 Å². The van der Waals surface area contributed by atoms with Crippen LogP contribution in [0.1, 0.15) is 23.4 Å². The van der Waals surface area contributed by atoms with Gasteiger partial charge in [-0.3, -0.25) is 0 Å². The van der Waals surface area contributed by atoms with E-state index in [-0.39, 0.29) is 0 Å². The van der Waals surface area contributed by atoms with E-state index in [1.807, 2.05) is 0 Å². The minimum Gasteiger partial charge on any atom is -0.362 e. The molecule has 12 heavy (non-hydrogen) atoms. The van der Waals surface area contributed by atoms with Crippen LogP contribution in [0.4, 0.5) is 0 Å². The van der Waals surface area contributed by atoms with E-state index in [9.17, 15) is 0 Å². The standard InChI is InChI=1S/C10H16N2/c1-7-4-9-3-2-8(6-11)5-10(9)12-7/h4,8,12H,2-3,5-6,11H2,1H3. The molecule has 66 valence electrons. The number of hydrogen-bond donors (Lipinski definition) is 2. The zero-order valence-electron chi connectivity index (χ0n) is 7.56. The van der Waals surface area contributed by atoms with Crippen LogP contribution in [-0.2, 0) is 12.8 Å². The van der Waals surface area contributed by atoms with Gasteiger partial charge in [0, 0.05) is 11.4 Å². The van der Waals surface area contributed by atoms with Gasteiger partial charge in [0.1, 0.15) is 0 Å². The van der Waals surface area contributed by atoms with Crippen molar-refractivity contribution in [3.8, 4) is 0 Å². The van der Waals surface area contributed by atoms with Gasteiger partial charge in [0.05, 0.1) is 0 Å². The van der Waals surface area contributed by atoms with E-state index in [1.54, 1.807) is 0 Å². The summed E-state index contributed by atoms with van der Waals surface area (Å²) in [5, 5.41) is 0. The topological polar surface area (TPSA) is 41.8 Å². The van der Waals surface area contributed by atoms with Crippen LogP contribution in [0.25, 0.3) is 0 Å². The fourth-order valence-electron chi connectivity index (χ4n) is 2.06. The predicted molar refractivity (Wildman–Crippen MR) is 50.1 cm³/mol. The molecular formula is C10H16N2. The normalized spacial score (nSPS) is 22.3. The lowest BCUT2D eigenvalue weighted by Gasteiger charge is -2.19. The van der Waals surface area contributed by atoms with Crippen LogP contribution >= 0.6 is 0 Å². The second-order valence-electron chi connectivity index (χ2n) is 3.80. The molecule has 2 nitrogen and oxygen atoms in total. The van der Waals surface area contributed by atoms with Crippen LogP contribution in [0, 0.1) is 12.8 Å². The Morgan fingerprint density at radius 2 is 2.50 bits per heavy atom. The van der Waals surface area contributed by atoms with Crippen molar-refractivity contribution in [2.75, 3.05) is 6.54 Å². The Morgan fingerprint density at radius 1 is 1.67 bits per heavy atom. The first-order valence-corrected chi connectivity index (χ1v) is 4.67. The molecule has 0 radical (unpaired) electrons. The highest BCUT2D eigenvalue weighted by atomic mass is 14.7. The van der Waals surface area contributed by atoms with Crippen molar-refractivity contribution in [2.45, 2.75) is 26.2 Å². The quantitative estimate of drug-likeness (QED) is 0.647. The summed E-state index contributed by atoms with van der Waals surface area (Å²) in [7, 11) is 0. The van der Waals surface area contributed by atoms with Gasteiger partial charge in [-0.05, 0) is 50.3 Å². The molecule has 1 aliphatic rings. The Bertz CT molecular complexity index is 275. The Balaban J connectivity index is 2.22. The number of rotatable bonds is 1. The largest absolute Gasteiger partial charge is 0.362 e. The van der Waals surface area contributed by atoms with Gasteiger partial charge < -0.3 is 10.7 Å². The molecule has 0 bridgehead atoms. The molecule has 2 heteroatoms. The number of H-pyrrole nitrogens is 1. The molecule has 0 saturated carbocycles. The Labute approximate surface area is 73.2 Å². The molecule has 0 saturated heterocycles. The fourth-order valence-corrected chi connectivity index (χ4v) is 2.06. The van der Waals surface area contributed by atoms with Crippen molar-refractivity contribution in [1.82, 2.24) is 4.98 Å². The summed E-state index contributed by atoms with van der Waals surface area (Å²) in [4.78, 5) is 3.41. The second kappa shape index (κ2) is 2.94. The average molecular weight is 164 g/mol. The van der Waals surface area contributed by atoms with Crippen LogP contribution in [-0.4, -0.2) is 11.5 Å². The van der Waals surface area contributed by atoms with Gasteiger partial charge in [-0.15, -0.1) is 0 Å². The zero-order valence-corrected chi connectivity index (χ0v) is 7.56. The maximum Gasteiger partial charge on any atom is 0.0185 e. The summed E-state index contributed by atoms with van der Waals surface area (Å²) in [6.45, 7) is 2.95. The number of aryl methyl sites for hydroxylation is 2. The number of nitrogens with two attached hydrogens (primary N) is 1. The highest BCUT2D eigenvalue weighted by molar-refractivity contribution is 5.28. The van der Waals surface area contributed by atoms with Crippen molar-refractivity contribution in [3.05, 3.63) is 23.0 Å². The maximum absolute atomic E-state index is 5.65. The molecule has 1 aliphatic carbocycles. The molecule has 0 fully saturated rings. The van der Waals surface area contributed by atoms with Gasteiger partial charge >= 0.3 is 0 Å². The van der Waals surface area contributed by atoms with Gasteiger partial charge in [0.25, 0.3) is 0 Å². The van der Waals surface area contributed by atoms with Crippen molar-refractivity contribution in [3.63, 3.8) is 0 Å². The SMILES string of the molecule is Cc1cc2c([nH]1)CC(CN)CC2. The summed E-state index contributed by atoms with van der Waals surface area (Å²) in [5.41, 5.74) is 9.88. The summed E-state index contributed by atoms with van der Waals surface area (Å²) >= 11 is 0. The molecule has 2 rings (SSSR count). The van der Waals surface area contributed by atoms with E-state index >= 15 is 0 Å². The number of fused-ring (bicyclic) bond motifs is 1. The number of hydrogen-bond acceptors (Lipinski definition) is 1. The third-order valence-electron chi connectivity index (χ3n) is 2.77. The Kier molecular flexibility index (Phi) is 1.93. The molecule has 0 aliphatic heterocycles. The smallest absolute Gasteiger partial charge is 0.0185 e. The third-order valence-corrected chi connectivity index (χ3v) is 2.77. The number of aromatic amines is 1. The summed E-state index contributed by atoms with van der Waals surface area (Å²) < 4.78 is 0. The summed E-state index contributed by atoms with van der Waals surface area (Å²) in [6.07, 6.45) is 3.63. The molecule has 1 heterocycles. The van der Waals surface area contributed by atoms with Crippen molar-refractivity contribution in [2.24, 2.45) is 11.7 Å². The fraction of sp³-hybridized carbons (Fsp3) is 0.600. The number of aromatic nitrogens is 1. The monoisotopic (exact) mass is 164 g/mol. The Hall–Kier alpha value is -0.760. The average Bonchev–Trinajstić information content (AvgIpc) is 2.43. The molecule has 0 spiro atoms. The predicted octanol–water partition coefficient (Wildman–Crippen LogP) is 1.39. The minimum atomic E-state index is 0.704. The molecule has 1 unspecified atom stereocenters. The van der Waals surface area contributed by atoms with E-state index in [0.29, 0.717) is 5.92 Å².